The van der Waals surface area contributed by atoms with Gasteiger partial charge < -0.3 is 5.32 Å². The average molecular weight is 279 g/mol. The molecule has 19 heavy (non-hydrogen) atoms. The summed E-state index contributed by atoms with van der Waals surface area (Å²) in [6.07, 6.45) is 2.29. The van der Waals surface area contributed by atoms with Crippen LogP contribution >= 0.6 is 11.6 Å². The van der Waals surface area contributed by atoms with Gasteiger partial charge in [-0.3, -0.25) is 9.78 Å². The molecular weight excluding hydrogens is 267 g/mol. The van der Waals surface area contributed by atoms with E-state index >= 15 is 0 Å². The Bertz CT molecular complexity index is 575. The second-order valence-electron chi connectivity index (χ2n) is 3.95. The minimum absolute atomic E-state index is 0.00887. The van der Waals surface area contributed by atoms with Gasteiger partial charge in [-0.15, -0.1) is 0 Å². The Kier molecular flexibility index (Phi) is 4.47. The fourth-order valence-electron chi connectivity index (χ4n) is 1.62. The van der Waals surface area contributed by atoms with E-state index in [1.54, 1.807) is 6.20 Å². The summed E-state index contributed by atoms with van der Waals surface area (Å²) in [4.78, 5) is 15.9. The highest BCUT2D eigenvalue weighted by molar-refractivity contribution is 6.30. The molecule has 0 unspecified atom stereocenters. The van der Waals surface area contributed by atoms with Crippen LogP contribution in [0.1, 0.15) is 16.1 Å². The molecule has 98 valence electrons. The van der Waals surface area contributed by atoms with E-state index in [2.05, 4.69) is 10.3 Å². The van der Waals surface area contributed by atoms with Gasteiger partial charge in [0.2, 0.25) is 0 Å². The molecule has 0 atom stereocenters. The molecule has 0 saturated carbocycles. The molecule has 0 spiro atoms. The first-order valence-corrected chi connectivity index (χ1v) is 6.18. The number of aromatic nitrogens is 1. The van der Waals surface area contributed by atoms with E-state index in [0.717, 1.165) is 11.8 Å². The van der Waals surface area contributed by atoms with Crippen molar-refractivity contribution in [2.75, 3.05) is 6.54 Å². The standard InChI is InChI=1S/C14H12ClFN2O/c15-10-4-5-12(13(16)9-10)14(19)18-8-6-11-3-1-2-7-17-11/h1-5,7,9H,6,8H2,(H,18,19). The van der Waals surface area contributed by atoms with E-state index in [0.29, 0.717) is 13.0 Å². The summed E-state index contributed by atoms with van der Waals surface area (Å²) in [5.41, 5.74) is 0.866. The second kappa shape index (κ2) is 6.29. The van der Waals surface area contributed by atoms with Gasteiger partial charge in [0, 0.05) is 29.9 Å². The molecule has 2 aromatic rings. The molecule has 1 aromatic heterocycles. The smallest absolute Gasteiger partial charge is 0.254 e. The predicted octanol–water partition coefficient (Wildman–Crippen LogP) is 2.85. The van der Waals surface area contributed by atoms with Gasteiger partial charge in [-0.05, 0) is 30.3 Å². The SMILES string of the molecule is O=C(NCCc1ccccn1)c1ccc(Cl)cc1F. The molecule has 2 rings (SSSR count). The van der Waals surface area contributed by atoms with Crippen molar-refractivity contribution in [3.63, 3.8) is 0 Å². The molecule has 1 amide bonds. The maximum Gasteiger partial charge on any atom is 0.254 e. The third-order valence-corrected chi connectivity index (χ3v) is 2.80. The van der Waals surface area contributed by atoms with Gasteiger partial charge in [-0.25, -0.2) is 4.39 Å². The number of rotatable bonds is 4. The summed E-state index contributed by atoms with van der Waals surface area (Å²) in [5.74, 6) is -1.08. The topological polar surface area (TPSA) is 42.0 Å². The molecule has 1 heterocycles. The first-order chi connectivity index (χ1) is 9.16. The quantitative estimate of drug-likeness (QED) is 0.934. The number of carbonyl (C=O) groups is 1. The summed E-state index contributed by atoms with van der Waals surface area (Å²) in [7, 11) is 0. The normalized spacial score (nSPS) is 10.2. The van der Waals surface area contributed by atoms with Gasteiger partial charge >= 0.3 is 0 Å². The summed E-state index contributed by atoms with van der Waals surface area (Å²) in [6.45, 7) is 0.401. The van der Waals surface area contributed by atoms with E-state index in [9.17, 15) is 9.18 Å². The lowest BCUT2D eigenvalue weighted by Crippen LogP contribution is -2.26. The summed E-state index contributed by atoms with van der Waals surface area (Å²) in [6, 6.07) is 9.55. The lowest BCUT2D eigenvalue weighted by molar-refractivity contribution is 0.0950. The number of nitrogens with zero attached hydrogens (tertiary/aromatic N) is 1. The van der Waals surface area contributed by atoms with Crippen molar-refractivity contribution >= 4 is 17.5 Å². The average Bonchev–Trinajstić information content (AvgIpc) is 2.39. The minimum Gasteiger partial charge on any atom is -0.352 e. The first-order valence-electron chi connectivity index (χ1n) is 5.80. The van der Waals surface area contributed by atoms with Gasteiger partial charge in [-0.2, -0.15) is 0 Å². The summed E-state index contributed by atoms with van der Waals surface area (Å²) in [5, 5.41) is 2.91. The zero-order chi connectivity index (χ0) is 13.7. The Morgan fingerprint density at radius 2 is 2.16 bits per heavy atom. The van der Waals surface area contributed by atoms with Crippen LogP contribution in [0.3, 0.4) is 0 Å². The molecule has 0 bridgehead atoms. The van der Waals surface area contributed by atoms with Gasteiger partial charge in [0.25, 0.3) is 5.91 Å². The van der Waals surface area contributed by atoms with Crippen molar-refractivity contribution in [1.82, 2.24) is 10.3 Å². The maximum absolute atomic E-state index is 13.5. The molecule has 0 aliphatic carbocycles. The zero-order valence-corrected chi connectivity index (χ0v) is 10.8. The van der Waals surface area contributed by atoms with Gasteiger partial charge in [0.15, 0.2) is 0 Å². The van der Waals surface area contributed by atoms with Crippen LogP contribution in [0.15, 0.2) is 42.6 Å². The van der Waals surface area contributed by atoms with E-state index in [-0.39, 0.29) is 10.6 Å². The van der Waals surface area contributed by atoms with Gasteiger partial charge in [-0.1, -0.05) is 17.7 Å². The van der Waals surface area contributed by atoms with Crippen molar-refractivity contribution < 1.29 is 9.18 Å². The van der Waals surface area contributed by atoms with Crippen molar-refractivity contribution in [3.05, 3.63) is 64.7 Å². The molecule has 1 N–H and O–H groups in total. The van der Waals surface area contributed by atoms with Crippen LogP contribution in [0.4, 0.5) is 4.39 Å². The van der Waals surface area contributed by atoms with E-state index in [1.165, 1.54) is 12.1 Å². The molecule has 0 aliphatic rings. The van der Waals surface area contributed by atoms with Crippen LogP contribution in [0.25, 0.3) is 0 Å². The maximum atomic E-state index is 13.5. The third-order valence-electron chi connectivity index (χ3n) is 2.57. The Morgan fingerprint density at radius 1 is 1.32 bits per heavy atom. The molecule has 3 nitrogen and oxygen atoms in total. The monoisotopic (exact) mass is 278 g/mol. The second-order valence-corrected chi connectivity index (χ2v) is 4.39. The number of hydrogen-bond donors (Lipinski definition) is 1. The third kappa shape index (κ3) is 3.76. The summed E-state index contributed by atoms with van der Waals surface area (Å²) < 4.78 is 13.5. The number of pyridine rings is 1. The van der Waals surface area contributed by atoms with Crippen LogP contribution in [0.5, 0.6) is 0 Å². The molecule has 1 aromatic carbocycles. The molecule has 0 saturated heterocycles. The number of amides is 1. The molecule has 0 fully saturated rings. The lowest BCUT2D eigenvalue weighted by Gasteiger charge is -2.06. The number of nitrogens with one attached hydrogen (secondary N) is 1. The van der Waals surface area contributed by atoms with Crippen molar-refractivity contribution in [3.8, 4) is 0 Å². The predicted molar refractivity (Wildman–Crippen MR) is 71.7 cm³/mol. The van der Waals surface area contributed by atoms with Crippen molar-refractivity contribution in [2.45, 2.75) is 6.42 Å². The molecule has 5 heteroatoms. The largest absolute Gasteiger partial charge is 0.352 e. The highest BCUT2D eigenvalue weighted by Gasteiger charge is 2.11. The van der Waals surface area contributed by atoms with Crippen LogP contribution in [-0.4, -0.2) is 17.4 Å². The first kappa shape index (κ1) is 13.5. The number of benzene rings is 1. The van der Waals surface area contributed by atoms with Gasteiger partial charge in [0.1, 0.15) is 5.82 Å². The van der Waals surface area contributed by atoms with Crippen molar-refractivity contribution in [1.29, 1.82) is 0 Å². The molecule has 0 radical (unpaired) electrons. The Morgan fingerprint density at radius 3 is 2.84 bits per heavy atom. The Balaban J connectivity index is 1.91. The van der Waals surface area contributed by atoms with E-state index < -0.39 is 11.7 Å². The van der Waals surface area contributed by atoms with E-state index in [4.69, 9.17) is 11.6 Å². The zero-order valence-electron chi connectivity index (χ0n) is 10.1. The van der Waals surface area contributed by atoms with Crippen LogP contribution in [-0.2, 0) is 6.42 Å². The fourth-order valence-corrected chi connectivity index (χ4v) is 1.78. The Hall–Kier alpha value is -1.94. The van der Waals surface area contributed by atoms with Crippen LogP contribution < -0.4 is 5.32 Å². The Labute approximate surface area is 115 Å². The van der Waals surface area contributed by atoms with Crippen LogP contribution in [0.2, 0.25) is 5.02 Å². The van der Waals surface area contributed by atoms with Crippen molar-refractivity contribution in [2.24, 2.45) is 0 Å². The minimum atomic E-state index is -0.622. The highest BCUT2D eigenvalue weighted by Crippen LogP contribution is 2.14. The molecular formula is C14H12ClFN2O. The lowest BCUT2D eigenvalue weighted by atomic mass is 10.2. The number of hydrogen-bond acceptors (Lipinski definition) is 2. The highest BCUT2D eigenvalue weighted by atomic mass is 35.5. The summed E-state index contributed by atoms with van der Waals surface area (Å²) >= 11 is 5.63. The fraction of sp³-hybridized carbons (Fsp3) is 0.143. The van der Waals surface area contributed by atoms with Gasteiger partial charge in [0.05, 0.1) is 5.56 Å². The van der Waals surface area contributed by atoms with E-state index in [1.807, 2.05) is 18.2 Å². The number of halogens is 2. The van der Waals surface area contributed by atoms with Crippen LogP contribution in [0, 0.1) is 5.82 Å². The molecule has 0 aliphatic heterocycles. The number of carbonyl (C=O) groups excluding carboxylic acids is 1.